The number of epoxide rings is 1. The molecule has 0 aromatic heterocycles. The van der Waals surface area contributed by atoms with Gasteiger partial charge in [-0.05, 0) is 51.0 Å². The maximum Gasteiger partial charge on any atom is 0.226 e. The molecule has 1 amide bonds. The van der Waals surface area contributed by atoms with Gasteiger partial charge in [0.15, 0.2) is 11.6 Å². The summed E-state index contributed by atoms with van der Waals surface area (Å²) in [5.41, 5.74) is 0.790. The second-order valence-electron chi connectivity index (χ2n) is 10.4. The van der Waals surface area contributed by atoms with Crippen molar-refractivity contribution in [1.29, 1.82) is 0 Å². The Balaban J connectivity index is 0.00000205. The van der Waals surface area contributed by atoms with E-state index in [-0.39, 0.29) is 24.0 Å². The van der Waals surface area contributed by atoms with Crippen molar-refractivity contribution < 1.29 is 28.8 Å². The van der Waals surface area contributed by atoms with Crippen LogP contribution in [0.5, 0.6) is 5.75 Å². The van der Waals surface area contributed by atoms with Crippen molar-refractivity contribution in [2.45, 2.75) is 89.4 Å². The Morgan fingerprint density at radius 3 is 2.67 bits per heavy atom. The fourth-order valence-corrected chi connectivity index (χ4v) is 5.52. The van der Waals surface area contributed by atoms with Crippen molar-refractivity contribution in [3.63, 3.8) is 0 Å². The van der Waals surface area contributed by atoms with Crippen molar-refractivity contribution in [2.24, 2.45) is 0 Å². The van der Waals surface area contributed by atoms with Gasteiger partial charge in [0, 0.05) is 33.4 Å². The van der Waals surface area contributed by atoms with Gasteiger partial charge in [-0.15, -0.1) is 0 Å². The van der Waals surface area contributed by atoms with E-state index in [9.17, 15) is 9.90 Å². The summed E-state index contributed by atoms with van der Waals surface area (Å²) in [6, 6.07) is 3.81. The first-order valence-corrected chi connectivity index (χ1v) is 13.9. The molecular formula is C30H43ClN2O6. The molecule has 3 heterocycles. The number of nitrogens with zero attached hydrogens (tertiary/aromatic N) is 1. The first kappa shape index (κ1) is 31.0. The Hall–Kier alpha value is -2.52. The molecule has 2 saturated heterocycles. The Morgan fingerprint density at radius 2 is 2.00 bits per heavy atom. The lowest BCUT2D eigenvalue weighted by Crippen LogP contribution is -2.59. The summed E-state index contributed by atoms with van der Waals surface area (Å²) in [5, 5.41) is 14.8. The van der Waals surface area contributed by atoms with E-state index in [1.165, 1.54) is 0 Å². The van der Waals surface area contributed by atoms with Crippen LogP contribution in [0.15, 0.2) is 48.4 Å². The lowest BCUT2D eigenvalue weighted by Gasteiger charge is -2.42. The van der Waals surface area contributed by atoms with Crippen LogP contribution < -0.4 is 15.0 Å². The van der Waals surface area contributed by atoms with Gasteiger partial charge in [-0.1, -0.05) is 49.2 Å². The molecule has 0 radical (unpaired) electrons. The van der Waals surface area contributed by atoms with Gasteiger partial charge < -0.3 is 34.3 Å². The van der Waals surface area contributed by atoms with Gasteiger partial charge in [-0.25, -0.2) is 0 Å². The van der Waals surface area contributed by atoms with Crippen LogP contribution in [0.1, 0.15) is 58.9 Å². The fourth-order valence-electron chi connectivity index (χ4n) is 5.20. The van der Waals surface area contributed by atoms with E-state index in [2.05, 4.69) is 11.9 Å². The monoisotopic (exact) mass is 562 g/mol. The molecule has 216 valence electrons. The second kappa shape index (κ2) is 12.8. The summed E-state index contributed by atoms with van der Waals surface area (Å²) in [6.45, 7) is 11.9. The van der Waals surface area contributed by atoms with E-state index >= 15 is 0 Å². The number of rotatable bonds is 2. The number of halogens is 1. The summed E-state index contributed by atoms with van der Waals surface area (Å²) in [7, 11) is 4.85. The van der Waals surface area contributed by atoms with Crippen molar-refractivity contribution in [3.8, 4) is 5.75 Å². The third kappa shape index (κ3) is 7.17. The predicted molar refractivity (Wildman–Crippen MR) is 154 cm³/mol. The molecule has 0 spiro atoms. The Labute approximate surface area is 237 Å². The number of ether oxygens (including phenoxy) is 4. The van der Waals surface area contributed by atoms with Crippen LogP contribution in [0, 0.1) is 0 Å². The van der Waals surface area contributed by atoms with Gasteiger partial charge in [0.2, 0.25) is 5.91 Å². The summed E-state index contributed by atoms with van der Waals surface area (Å²) in [6.07, 6.45) is 6.93. The number of anilines is 1. The molecule has 3 unspecified atom stereocenters. The zero-order chi connectivity index (χ0) is 29.0. The number of carbonyl (C=O) groups is 1. The van der Waals surface area contributed by atoms with Gasteiger partial charge in [-0.2, -0.15) is 0 Å². The molecule has 0 aliphatic carbocycles. The molecule has 9 heteroatoms. The number of amides is 1. The molecule has 1 aromatic carbocycles. The predicted octanol–water partition coefficient (Wildman–Crippen LogP) is 5.28. The lowest BCUT2D eigenvalue weighted by molar-refractivity contribution is -0.150. The first-order chi connectivity index (χ1) is 18.5. The van der Waals surface area contributed by atoms with E-state index < -0.39 is 17.4 Å². The highest BCUT2D eigenvalue weighted by Gasteiger charge is 2.54. The molecule has 39 heavy (non-hydrogen) atoms. The zero-order valence-electron chi connectivity index (χ0n) is 24.2. The largest absolute Gasteiger partial charge is 0.495 e. The molecule has 1 aromatic rings. The first-order valence-electron chi connectivity index (χ1n) is 13.5. The Kier molecular flexibility index (Phi) is 10.2. The highest BCUT2D eigenvalue weighted by molar-refractivity contribution is 6.35. The summed E-state index contributed by atoms with van der Waals surface area (Å²) in [4.78, 5) is 14.8. The quantitative estimate of drug-likeness (QED) is 0.474. The smallest absolute Gasteiger partial charge is 0.226 e. The third-order valence-electron chi connectivity index (χ3n) is 7.46. The molecule has 8 nitrogen and oxygen atoms in total. The van der Waals surface area contributed by atoms with Crippen LogP contribution in [0.2, 0.25) is 5.02 Å². The molecule has 2 fully saturated rings. The lowest BCUT2D eigenvalue weighted by atomic mass is 9.91. The summed E-state index contributed by atoms with van der Waals surface area (Å²) >= 11 is 6.61. The van der Waals surface area contributed by atoms with E-state index in [0.717, 1.165) is 11.1 Å². The van der Waals surface area contributed by atoms with Crippen LogP contribution in [0.4, 0.5) is 5.69 Å². The number of benzene rings is 1. The minimum absolute atomic E-state index is 0.0616. The summed E-state index contributed by atoms with van der Waals surface area (Å²) < 4.78 is 23.1. The number of fused-ring (bicyclic) bond motifs is 5. The standard InChI is InChI=1S/C28H37ClN2O6.C2H6/c1-17-8-7-9-23(35-6)28(33)16-20(36-18(2)30-28)15-24-27(3,37-24)11-10-25(32)31(4)21-13-19(12-17)14-22(34-5)26(21)29;1-2/h7-9,13-14,20,23-24,30,33H,2,10-12,15-16H2,1,3-6H3;1-2H3/b9-7+,17-8+;/t20?,23-,24?,27?,28+;/m1./s1. The van der Waals surface area contributed by atoms with E-state index in [4.69, 9.17) is 30.5 Å². The van der Waals surface area contributed by atoms with Crippen LogP contribution in [-0.4, -0.2) is 61.9 Å². The number of aliphatic hydroxyl groups is 1. The number of hydrogen-bond acceptors (Lipinski definition) is 7. The molecule has 4 bridgehead atoms. The molecule has 2 N–H and O–H groups in total. The van der Waals surface area contributed by atoms with Crippen LogP contribution >= 0.6 is 11.6 Å². The van der Waals surface area contributed by atoms with Gasteiger partial charge in [0.05, 0.1) is 24.5 Å². The molecule has 3 aliphatic rings. The van der Waals surface area contributed by atoms with Crippen molar-refractivity contribution in [3.05, 3.63) is 59.0 Å². The van der Waals surface area contributed by atoms with Crippen LogP contribution in [0.3, 0.4) is 0 Å². The van der Waals surface area contributed by atoms with Gasteiger partial charge >= 0.3 is 0 Å². The average molecular weight is 563 g/mol. The number of methoxy groups -OCH3 is 2. The van der Waals surface area contributed by atoms with Crippen molar-refractivity contribution >= 4 is 23.2 Å². The maximum absolute atomic E-state index is 13.2. The zero-order valence-corrected chi connectivity index (χ0v) is 24.9. The van der Waals surface area contributed by atoms with Gasteiger partial charge in [0.1, 0.15) is 23.0 Å². The van der Waals surface area contributed by atoms with E-state index in [1.807, 2.05) is 58.1 Å². The topological polar surface area (TPSA) is 92.8 Å². The number of carbonyl (C=O) groups excluding carboxylic acids is 1. The highest BCUT2D eigenvalue weighted by Crippen LogP contribution is 2.45. The fraction of sp³-hybridized carbons (Fsp3) is 0.567. The Morgan fingerprint density at radius 1 is 1.28 bits per heavy atom. The molecule has 4 rings (SSSR count). The van der Waals surface area contributed by atoms with E-state index in [0.29, 0.717) is 48.6 Å². The Bertz CT molecular complexity index is 1120. The molecular weight excluding hydrogens is 520 g/mol. The van der Waals surface area contributed by atoms with Gasteiger partial charge in [0.25, 0.3) is 0 Å². The maximum atomic E-state index is 13.2. The average Bonchev–Trinajstić information content (AvgIpc) is 3.54. The summed E-state index contributed by atoms with van der Waals surface area (Å²) in [5.74, 6) is 0.741. The van der Waals surface area contributed by atoms with Crippen LogP contribution in [-0.2, 0) is 25.4 Å². The number of nitrogens with one attached hydrogen (secondary N) is 1. The third-order valence-corrected chi connectivity index (χ3v) is 7.84. The molecule has 3 aliphatic heterocycles. The molecule has 0 saturated carbocycles. The number of hydrogen-bond donors (Lipinski definition) is 2. The van der Waals surface area contributed by atoms with Crippen molar-refractivity contribution in [2.75, 3.05) is 26.2 Å². The van der Waals surface area contributed by atoms with Gasteiger partial charge in [-0.3, -0.25) is 4.79 Å². The van der Waals surface area contributed by atoms with Crippen LogP contribution in [0.25, 0.3) is 0 Å². The second-order valence-corrected chi connectivity index (χ2v) is 10.8. The minimum Gasteiger partial charge on any atom is -0.495 e. The van der Waals surface area contributed by atoms with E-state index in [1.54, 1.807) is 26.2 Å². The number of allylic oxidation sites excluding steroid dienone is 3. The normalized spacial score (nSPS) is 33.3. The highest BCUT2D eigenvalue weighted by atomic mass is 35.5. The SMILES string of the molecule is C=C1N[C@]2(O)CC(CC3OC3(C)CCC(=O)N(C)c3cc(cc(OC)c3Cl)C/C(C)=C/C=C/[C@H]2OC)O1.CC. The minimum atomic E-state index is -1.39. The molecule has 5 atom stereocenters. The van der Waals surface area contributed by atoms with Crippen molar-refractivity contribution in [1.82, 2.24) is 5.32 Å².